The lowest BCUT2D eigenvalue weighted by Gasteiger charge is -2.28. The van der Waals surface area contributed by atoms with Crippen LogP contribution in [0.3, 0.4) is 0 Å². The molecular weight excluding hydrogens is 587 g/mol. The molecule has 1 aromatic heterocycles. The lowest BCUT2D eigenvalue weighted by molar-refractivity contribution is -0.145. The molecule has 0 aliphatic heterocycles. The van der Waals surface area contributed by atoms with Gasteiger partial charge < -0.3 is 10.8 Å². The summed E-state index contributed by atoms with van der Waals surface area (Å²) in [6.07, 6.45) is 5.11. The minimum atomic E-state index is -4.64. The smallest absolute Gasteiger partial charge is 0.451 e. The molecule has 1 fully saturated rings. The molecule has 0 spiro atoms. The molecule has 3 aliphatic carbocycles. The Bertz CT molecular complexity index is 1960. The summed E-state index contributed by atoms with van der Waals surface area (Å²) in [5.41, 5.74) is 23.2. The van der Waals surface area contributed by atoms with Gasteiger partial charge in [0.05, 0.1) is 5.56 Å². The van der Waals surface area contributed by atoms with Gasteiger partial charge in [-0.1, -0.05) is 86.0 Å². The van der Waals surface area contributed by atoms with Crippen LogP contribution in [0.15, 0.2) is 85.2 Å². The van der Waals surface area contributed by atoms with Crippen molar-refractivity contribution in [1.82, 2.24) is 9.97 Å². The molecule has 5 nitrogen and oxygen atoms in total. The van der Waals surface area contributed by atoms with Crippen LogP contribution in [0.2, 0.25) is 0 Å². The van der Waals surface area contributed by atoms with Crippen molar-refractivity contribution in [3.8, 4) is 33.4 Å². The summed E-state index contributed by atoms with van der Waals surface area (Å²) in [7, 11) is 0. The monoisotopic (exact) mass is 619 g/mol. The molecule has 8 rings (SSSR count). The minimum Gasteiger partial charge on any atom is -0.478 e. The number of benzene rings is 4. The molecule has 1 heterocycles. The fraction of sp³-hybridized carbons (Fsp3) is 0.237. The second-order valence-electron chi connectivity index (χ2n) is 12.2. The van der Waals surface area contributed by atoms with Crippen molar-refractivity contribution in [2.75, 3.05) is 5.73 Å². The second kappa shape index (κ2) is 11.7. The molecule has 0 amide bonds. The number of hydrogen-bond acceptors (Lipinski definition) is 4. The summed E-state index contributed by atoms with van der Waals surface area (Å²) in [5.74, 6) is -2.11. The highest BCUT2D eigenvalue weighted by atomic mass is 19.4. The molecule has 1 saturated carbocycles. The van der Waals surface area contributed by atoms with Gasteiger partial charge in [-0.2, -0.15) is 13.2 Å². The molecule has 0 atom stereocenters. The van der Waals surface area contributed by atoms with Crippen LogP contribution in [-0.4, -0.2) is 21.0 Å². The average Bonchev–Trinajstić information content (AvgIpc) is 3.64. The van der Waals surface area contributed by atoms with E-state index >= 15 is 0 Å². The van der Waals surface area contributed by atoms with Crippen molar-refractivity contribution in [1.29, 1.82) is 0 Å². The molecule has 0 radical (unpaired) electrons. The largest absolute Gasteiger partial charge is 0.478 e. The van der Waals surface area contributed by atoms with Crippen LogP contribution >= 0.6 is 0 Å². The van der Waals surface area contributed by atoms with Gasteiger partial charge in [0.15, 0.2) is 0 Å². The topological polar surface area (TPSA) is 89.1 Å². The summed E-state index contributed by atoms with van der Waals surface area (Å²) < 4.78 is 35.5. The number of aromatic carboxylic acids is 1. The van der Waals surface area contributed by atoms with Crippen LogP contribution in [0.4, 0.5) is 18.9 Å². The Labute approximate surface area is 265 Å². The van der Waals surface area contributed by atoms with Gasteiger partial charge in [0, 0.05) is 30.1 Å². The molecular formula is C38H32F3N3O2. The lowest BCUT2D eigenvalue weighted by atomic mass is 9.77. The van der Waals surface area contributed by atoms with Gasteiger partial charge in [-0.25, -0.2) is 14.8 Å². The molecule has 0 bridgehead atoms. The lowest BCUT2D eigenvalue weighted by Crippen LogP contribution is -2.11. The third-order valence-electron chi connectivity index (χ3n) is 9.50. The number of hydrogen-bond donors (Lipinski definition) is 2. The van der Waals surface area contributed by atoms with Crippen LogP contribution in [-0.2, 0) is 19.0 Å². The van der Waals surface area contributed by atoms with Crippen molar-refractivity contribution >= 4 is 11.7 Å². The first-order valence-corrected chi connectivity index (χ1v) is 15.6. The van der Waals surface area contributed by atoms with E-state index < -0.39 is 18.0 Å². The van der Waals surface area contributed by atoms with Gasteiger partial charge in [0.1, 0.15) is 0 Å². The quantitative estimate of drug-likeness (QED) is 0.192. The molecule has 5 aromatic rings. The Morgan fingerprint density at radius 1 is 0.739 bits per heavy atom. The Morgan fingerprint density at radius 2 is 1.30 bits per heavy atom. The number of rotatable bonds is 3. The Hall–Kier alpha value is -4.98. The minimum absolute atomic E-state index is 0.381. The van der Waals surface area contributed by atoms with Crippen LogP contribution in [0, 0.1) is 0 Å². The van der Waals surface area contributed by atoms with E-state index in [4.69, 9.17) is 10.8 Å². The highest BCUT2D eigenvalue weighted by Crippen LogP contribution is 2.51. The SMILES string of the molecule is Nc1c2c(cc(C3CCCCC3)c1-c1cccc3c1Cc1ccccc1-3)-c1ccccc1C2.O=C(O)c1cnc(C(F)(F)F)nc1. The van der Waals surface area contributed by atoms with Crippen LogP contribution in [0.1, 0.15) is 82.0 Å². The highest BCUT2D eigenvalue weighted by Gasteiger charge is 2.34. The number of nitrogens with zero attached hydrogens (tertiary/aromatic N) is 2. The summed E-state index contributed by atoms with van der Waals surface area (Å²) >= 11 is 0. The molecule has 3 N–H and O–H groups in total. The van der Waals surface area contributed by atoms with E-state index in [1.165, 1.54) is 93.3 Å². The van der Waals surface area contributed by atoms with Crippen molar-refractivity contribution in [3.05, 3.63) is 124 Å². The zero-order valence-electron chi connectivity index (χ0n) is 25.1. The van der Waals surface area contributed by atoms with Crippen LogP contribution in [0.25, 0.3) is 33.4 Å². The van der Waals surface area contributed by atoms with E-state index in [1.807, 2.05) is 0 Å². The Morgan fingerprint density at radius 3 is 1.93 bits per heavy atom. The Kier molecular flexibility index (Phi) is 7.59. The number of carboxylic acid groups (broad SMARTS) is 1. The molecule has 232 valence electrons. The molecule has 0 saturated heterocycles. The normalized spacial score (nSPS) is 14.8. The van der Waals surface area contributed by atoms with Crippen LogP contribution < -0.4 is 5.73 Å². The van der Waals surface area contributed by atoms with Gasteiger partial charge in [-0.15, -0.1) is 0 Å². The van der Waals surface area contributed by atoms with Crippen molar-refractivity contribution < 1.29 is 23.1 Å². The third kappa shape index (κ3) is 5.31. The predicted molar refractivity (Wildman–Crippen MR) is 173 cm³/mol. The molecule has 8 heteroatoms. The van der Waals surface area contributed by atoms with E-state index in [1.54, 1.807) is 0 Å². The van der Waals surface area contributed by atoms with Crippen molar-refractivity contribution in [2.45, 2.75) is 57.0 Å². The van der Waals surface area contributed by atoms with E-state index in [9.17, 15) is 18.0 Å². The van der Waals surface area contributed by atoms with Gasteiger partial charge in [0.25, 0.3) is 0 Å². The zero-order valence-corrected chi connectivity index (χ0v) is 25.1. The molecule has 0 unspecified atom stereocenters. The number of carbonyl (C=O) groups is 1. The fourth-order valence-electron chi connectivity index (χ4n) is 7.34. The number of fused-ring (bicyclic) bond motifs is 6. The van der Waals surface area contributed by atoms with Crippen LogP contribution in [0.5, 0.6) is 0 Å². The highest BCUT2D eigenvalue weighted by molar-refractivity contribution is 5.95. The first kappa shape index (κ1) is 29.7. The standard InChI is InChI=1S/C32H29N.C6H3F3N2O2/c33-32-30-18-22-12-5-7-14-24(22)29(30)19-27(20-9-2-1-3-10-20)31(32)26-16-8-15-25-23-13-6-4-11-21(23)17-28(25)26;7-6(8,9)5-10-1-3(2-11-5)4(12)13/h4-8,11-16,19-20H,1-3,9-10,17-18,33H2;1-2H,(H,12,13). The fourth-order valence-corrected chi connectivity index (χ4v) is 7.34. The summed E-state index contributed by atoms with van der Waals surface area (Å²) in [5, 5.41) is 8.32. The first-order valence-electron chi connectivity index (χ1n) is 15.6. The van der Waals surface area contributed by atoms with E-state index in [-0.39, 0.29) is 5.56 Å². The first-order chi connectivity index (χ1) is 22.2. The van der Waals surface area contributed by atoms with Gasteiger partial charge >= 0.3 is 12.1 Å². The summed E-state index contributed by atoms with van der Waals surface area (Å²) in [6, 6.07) is 27.2. The number of nitrogens with two attached hydrogens (primary N) is 1. The zero-order chi connectivity index (χ0) is 32.0. The summed E-state index contributed by atoms with van der Waals surface area (Å²) in [4.78, 5) is 15.9. The average molecular weight is 620 g/mol. The van der Waals surface area contributed by atoms with E-state index in [0.29, 0.717) is 18.3 Å². The number of carboxylic acids is 1. The molecule has 3 aliphatic rings. The van der Waals surface area contributed by atoms with Gasteiger partial charge in [-0.3, -0.25) is 0 Å². The van der Waals surface area contributed by atoms with Crippen molar-refractivity contribution in [3.63, 3.8) is 0 Å². The number of halogens is 3. The Balaban J connectivity index is 0.000000221. The second-order valence-corrected chi connectivity index (χ2v) is 12.2. The van der Waals surface area contributed by atoms with Crippen molar-refractivity contribution in [2.24, 2.45) is 0 Å². The predicted octanol–water partition coefficient (Wildman–Crippen LogP) is 9.32. The number of anilines is 1. The maximum atomic E-state index is 11.8. The molecule has 4 aromatic carbocycles. The summed E-state index contributed by atoms with van der Waals surface area (Å²) in [6.45, 7) is 0. The molecule has 46 heavy (non-hydrogen) atoms. The van der Waals surface area contributed by atoms with Gasteiger partial charge in [-0.05, 0) is 86.9 Å². The number of aromatic nitrogens is 2. The maximum Gasteiger partial charge on any atom is 0.451 e. The third-order valence-corrected chi connectivity index (χ3v) is 9.50. The maximum absolute atomic E-state index is 11.8. The van der Waals surface area contributed by atoms with E-state index in [0.717, 1.165) is 18.5 Å². The van der Waals surface area contributed by atoms with Gasteiger partial charge in [0.2, 0.25) is 5.82 Å². The number of nitrogen functional groups attached to an aromatic ring is 1. The number of alkyl halides is 3. The van der Waals surface area contributed by atoms with E-state index in [2.05, 4.69) is 82.8 Å².